The second-order valence-electron chi connectivity index (χ2n) is 5.65. The van der Waals surface area contributed by atoms with Gasteiger partial charge in [-0.2, -0.15) is 0 Å². The first-order valence-electron chi connectivity index (χ1n) is 7.42. The van der Waals surface area contributed by atoms with Gasteiger partial charge in [-0.1, -0.05) is 6.92 Å². The van der Waals surface area contributed by atoms with Crippen LogP contribution in [0.4, 0.5) is 0 Å². The van der Waals surface area contributed by atoms with Crippen LogP contribution in [0.3, 0.4) is 0 Å². The molecule has 7 heteroatoms. The van der Waals surface area contributed by atoms with Gasteiger partial charge in [-0.05, 0) is 18.8 Å². The fourth-order valence-electron chi connectivity index (χ4n) is 2.79. The first-order chi connectivity index (χ1) is 10.7. The van der Waals surface area contributed by atoms with Crippen LogP contribution >= 0.6 is 11.3 Å². The minimum Gasteiger partial charge on any atom is -0.333 e. The van der Waals surface area contributed by atoms with Gasteiger partial charge in [0.25, 0.3) is 5.91 Å². The Bertz CT molecular complexity index is 644. The first-order valence-corrected chi connectivity index (χ1v) is 8.30. The quantitative estimate of drug-likeness (QED) is 0.933. The van der Waals surface area contributed by atoms with Crippen LogP contribution in [0.2, 0.25) is 0 Å². The van der Waals surface area contributed by atoms with Gasteiger partial charge in [0.2, 0.25) is 0 Å². The van der Waals surface area contributed by atoms with E-state index in [1.807, 2.05) is 4.90 Å². The molecule has 22 heavy (non-hydrogen) atoms. The molecular formula is C15H19N5OS. The zero-order valence-corrected chi connectivity index (χ0v) is 13.3. The monoisotopic (exact) mass is 317 g/mol. The molecule has 1 saturated heterocycles. The predicted molar refractivity (Wildman–Crippen MR) is 85.4 cm³/mol. The Balaban J connectivity index is 1.79. The molecule has 2 N–H and O–H groups in total. The molecule has 1 aliphatic rings. The highest BCUT2D eigenvalue weighted by Gasteiger charge is 2.30. The molecule has 0 bridgehead atoms. The van der Waals surface area contributed by atoms with Crippen LogP contribution in [0.5, 0.6) is 0 Å². The summed E-state index contributed by atoms with van der Waals surface area (Å²) in [4.78, 5) is 27.2. The zero-order chi connectivity index (χ0) is 15.5. The lowest BCUT2D eigenvalue weighted by Gasteiger charge is -2.37. The number of carbonyl (C=O) groups is 1. The van der Waals surface area contributed by atoms with Crippen LogP contribution in [0.1, 0.15) is 30.3 Å². The second-order valence-corrected chi connectivity index (χ2v) is 6.50. The summed E-state index contributed by atoms with van der Waals surface area (Å²) in [6.45, 7) is 3.45. The topological polar surface area (TPSA) is 85.0 Å². The SMILES string of the molecule is CC1CCN(C(=O)c2csc(-c3cnccn3)n2)C(CN)C1. The molecule has 2 aromatic rings. The number of hydrogen-bond acceptors (Lipinski definition) is 6. The highest BCUT2D eigenvalue weighted by molar-refractivity contribution is 7.13. The van der Waals surface area contributed by atoms with Gasteiger partial charge in [-0.25, -0.2) is 4.98 Å². The maximum absolute atomic E-state index is 12.7. The lowest BCUT2D eigenvalue weighted by Crippen LogP contribution is -2.49. The van der Waals surface area contributed by atoms with Crippen molar-refractivity contribution in [3.8, 4) is 10.7 Å². The van der Waals surface area contributed by atoms with E-state index < -0.39 is 0 Å². The van der Waals surface area contributed by atoms with E-state index in [9.17, 15) is 4.79 Å². The Morgan fingerprint density at radius 3 is 3.09 bits per heavy atom. The van der Waals surface area contributed by atoms with Crippen molar-refractivity contribution in [2.45, 2.75) is 25.8 Å². The van der Waals surface area contributed by atoms with Gasteiger partial charge in [0.05, 0.1) is 6.20 Å². The third-order valence-corrected chi connectivity index (χ3v) is 4.88. The van der Waals surface area contributed by atoms with Crippen LogP contribution in [0.15, 0.2) is 24.0 Å². The van der Waals surface area contributed by atoms with E-state index in [2.05, 4.69) is 21.9 Å². The van der Waals surface area contributed by atoms with E-state index in [0.29, 0.717) is 28.9 Å². The molecule has 1 aliphatic heterocycles. The molecule has 0 saturated carbocycles. The Labute approximate surface area is 133 Å². The molecular weight excluding hydrogens is 298 g/mol. The van der Waals surface area contributed by atoms with Gasteiger partial charge in [0.1, 0.15) is 16.4 Å². The molecule has 2 aromatic heterocycles. The summed E-state index contributed by atoms with van der Waals surface area (Å²) >= 11 is 1.41. The molecule has 3 heterocycles. The highest BCUT2D eigenvalue weighted by atomic mass is 32.1. The van der Waals surface area contributed by atoms with Gasteiger partial charge in [-0.3, -0.25) is 14.8 Å². The van der Waals surface area contributed by atoms with Gasteiger partial charge < -0.3 is 10.6 Å². The highest BCUT2D eigenvalue weighted by Crippen LogP contribution is 2.26. The molecule has 0 radical (unpaired) electrons. The molecule has 1 amide bonds. The van der Waals surface area contributed by atoms with Crippen LogP contribution in [0, 0.1) is 5.92 Å². The molecule has 1 fully saturated rings. The summed E-state index contributed by atoms with van der Waals surface area (Å²) in [7, 11) is 0. The lowest BCUT2D eigenvalue weighted by atomic mass is 9.92. The van der Waals surface area contributed by atoms with Crippen molar-refractivity contribution >= 4 is 17.2 Å². The van der Waals surface area contributed by atoms with Crippen molar-refractivity contribution in [2.24, 2.45) is 11.7 Å². The number of rotatable bonds is 3. The van der Waals surface area contributed by atoms with Crippen molar-refractivity contribution in [3.63, 3.8) is 0 Å². The average Bonchev–Trinajstić information content (AvgIpc) is 3.05. The number of thiazole rings is 1. The van der Waals surface area contributed by atoms with E-state index in [-0.39, 0.29) is 11.9 Å². The number of nitrogens with zero attached hydrogens (tertiary/aromatic N) is 4. The van der Waals surface area contributed by atoms with Crippen LogP contribution in [0.25, 0.3) is 10.7 Å². The van der Waals surface area contributed by atoms with Gasteiger partial charge >= 0.3 is 0 Å². The average molecular weight is 317 g/mol. The van der Waals surface area contributed by atoms with Crippen molar-refractivity contribution < 1.29 is 4.79 Å². The summed E-state index contributed by atoms with van der Waals surface area (Å²) in [6, 6.07) is 0.109. The minimum absolute atomic E-state index is 0.0336. The van der Waals surface area contributed by atoms with E-state index in [1.54, 1.807) is 24.0 Å². The normalized spacial score (nSPS) is 21.8. The summed E-state index contributed by atoms with van der Waals surface area (Å²) in [6.07, 6.45) is 6.86. The van der Waals surface area contributed by atoms with Crippen LogP contribution < -0.4 is 5.73 Å². The number of amides is 1. The molecule has 2 unspecified atom stereocenters. The molecule has 3 rings (SSSR count). The van der Waals surface area contributed by atoms with Crippen molar-refractivity contribution in [1.82, 2.24) is 19.9 Å². The smallest absolute Gasteiger partial charge is 0.273 e. The second kappa shape index (κ2) is 6.50. The van der Waals surface area contributed by atoms with Crippen molar-refractivity contribution in [3.05, 3.63) is 29.7 Å². The van der Waals surface area contributed by atoms with Gasteiger partial charge in [0.15, 0.2) is 0 Å². The van der Waals surface area contributed by atoms with E-state index >= 15 is 0 Å². The van der Waals surface area contributed by atoms with E-state index in [4.69, 9.17) is 5.73 Å². The Kier molecular flexibility index (Phi) is 4.44. The lowest BCUT2D eigenvalue weighted by molar-refractivity contribution is 0.0568. The zero-order valence-electron chi connectivity index (χ0n) is 12.5. The Hall–Kier alpha value is -1.86. The Morgan fingerprint density at radius 2 is 2.36 bits per heavy atom. The third kappa shape index (κ3) is 3.00. The minimum atomic E-state index is -0.0336. The summed E-state index contributed by atoms with van der Waals surface area (Å²) in [5.41, 5.74) is 7.00. The fourth-order valence-corrected chi connectivity index (χ4v) is 3.54. The van der Waals surface area contributed by atoms with Crippen molar-refractivity contribution in [1.29, 1.82) is 0 Å². The largest absolute Gasteiger partial charge is 0.333 e. The van der Waals surface area contributed by atoms with Gasteiger partial charge in [-0.15, -0.1) is 11.3 Å². The van der Waals surface area contributed by atoms with E-state index in [0.717, 1.165) is 19.4 Å². The molecule has 2 atom stereocenters. The Morgan fingerprint density at radius 1 is 1.50 bits per heavy atom. The number of likely N-dealkylation sites (tertiary alicyclic amines) is 1. The van der Waals surface area contributed by atoms with E-state index in [1.165, 1.54) is 11.3 Å². The van der Waals surface area contributed by atoms with Crippen LogP contribution in [-0.2, 0) is 0 Å². The summed E-state index contributed by atoms with van der Waals surface area (Å²) < 4.78 is 0. The summed E-state index contributed by atoms with van der Waals surface area (Å²) in [5.74, 6) is 0.580. The summed E-state index contributed by atoms with van der Waals surface area (Å²) in [5, 5.41) is 2.50. The molecule has 0 aromatic carbocycles. The third-order valence-electron chi connectivity index (χ3n) is 4.02. The standard InChI is InChI=1S/C15H19N5OS/c1-10-2-5-20(11(6-10)7-16)15(21)13-9-22-14(19-13)12-8-17-3-4-18-12/h3-4,8-11H,2,5-7,16H2,1H3. The maximum Gasteiger partial charge on any atom is 0.273 e. The number of piperidine rings is 1. The molecule has 116 valence electrons. The first kappa shape index (κ1) is 15.1. The fraction of sp³-hybridized carbons (Fsp3) is 0.467. The maximum atomic E-state index is 12.7. The number of nitrogens with two attached hydrogens (primary N) is 1. The molecule has 6 nitrogen and oxygen atoms in total. The predicted octanol–water partition coefficient (Wildman–Crippen LogP) is 1.80. The molecule has 0 spiro atoms. The van der Waals surface area contributed by atoms with Gasteiger partial charge in [0, 0.05) is 36.9 Å². The number of aromatic nitrogens is 3. The molecule has 0 aliphatic carbocycles. The number of carbonyl (C=O) groups excluding carboxylic acids is 1. The van der Waals surface area contributed by atoms with Crippen LogP contribution in [-0.4, -0.2) is 44.9 Å². The van der Waals surface area contributed by atoms with Crippen molar-refractivity contribution in [2.75, 3.05) is 13.1 Å². The number of hydrogen-bond donors (Lipinski definition) is 1.